The first kappa shape index (κ1) is 16.3. The molecule has 118 valence electrons. The maximum Gasteiger partial charge on any atom is 0.119 e. The highest BCUT2D eigenvalue weighted by Gasteiger charge is 2.23. The quantitative estimate of drug-likeness (QED) is 0.833. The molecular formula is C18H30N2O. The fraction of sp³-hybridized carbons (Fsp3) is 0.667. The van der Waals surface area contributed by atoms with Gasteiger partial charge in [0.2, 0.25) is 0 Å². The fourth-order valence-corrected chi connectivity index (χ4v) is 3.01. The molecule has 1 N–H and O–H groups in total. The number of ether oxygens (including phenoxy) is 1. The van der Waals surface area contributed by atoms with Gasteiger partial charge in [0, 0.05) is 18.6 Å². The van der Waals surface area contributed by atoms with Gasteiger partial charge in [0.05, 0.1) is 6.61 Å². The summed E-state index contributed by atoms with van der Waals surface area (Å²) in [5, 5.41) is 3.71. The second kappa shape index (κ2) is 7.28. The van der Waals surface area contributed by atoms with E-state index in [-0.39, 0.29) is 5.54 Å². The molecule has 21 heavy (non-hydrogen) atoms. The Morgan fingerprint density at radius 3 is 2.57 bits per heavy atom. The lowest BCUT2D eigenvalue weighted by Crippen LogP contribution is -2.48. The highest BCUT2D eigenvalue weighted by molar-refractivity contribution is 5.34. The van der Waals surface area contributed by atoms with Crippen LogP contribution in [-0.4, -0.2) is 36.7 Å². The topological polar surface area (TPSA) is 24.5 Å². The first-order valence-electron chi connectivity index (χ1n) is 8.20. The van der Waals surface area contributed by atoms with Gasteiger partial charge in [0.15, 0.2) is 0 Å². The lowest BCUT2D eigenvalue weighted by molar-refractivity contribution is 0.234. The molecule has 0 amide bonds. The largest absolute Gasteiger partial charge is 0.494 e. The first-order valence-corrected chi connectivity index (χ1v) is 8.20. The lowest BCUT2D eigenvalue weighted by atomic mass is 10.0. The van der Waals surface area contributed by atoms with Crippen LogP contribution in [0.4, 0.5) is 0 Å². The van der Waals surface area contributed by atoms with Crippen molar-refractivity contribution in [1.29, 1.82) is 0 Å². The molecule has 3 heteroatoms. The van der Waals surface area contributed by atoms with Gasteiger partial charge in [-0.05, 0) is 76.9 Å². The third kappa shape index (κ3) is 5.01. The van der Waals surface area contributed by atoms with E-state index in [2.05, 4.69) is 49.2 Å². The van der Waals surface area contributed by atoms with E-state index >= 15 is 0 Å². The van der Waals surface area contributed by atoms with Gasteiger partial charge >= 0.3 is 0 Å². The molecule has 0 atom stereocenters. The highest BCUT2D eigenvalue weighted by atomic mass is 16.5. The van der Waals surface area contributed by atoms with Crippen molar-refractivity contribution in [3.8, 4) is 5.75 Å². The van der Waals surface area contributed by atoms with Crippen LogP contribution < -0.4 is 10.1 Å². The van der Waals surface area contributed by atoms with E-state index in [1.54, 1.807) is 0 Å². The van der Waals surface area contributed by atoms with E-state index in [0.717, 1.165) is 25.4 Å². The Morgan fingerprint density at radius 2 is 1.95 bits per heavy atom. The van der Waals surface area contributed by atoms with E-state index in [1.807, 2.05) is 6.92 Å². The van der Waals surface area contributed by atoms with Gasteiger partial charge in [0.1, 0.15) is 5.75 Å². The number of benzene rings is 1. The van der Waals surface area contributed by atoms with E-state index in [4.69, 9.17) is 4.74 Å². The first-order chi connectivity index (χ1) is 10.00. The maximum absolute atomic E-state index is 5.55. The Labute approximate surface area is 129 Å². The number of hydrogen-bond acceptors (Lipinski definition) is 3. The van der Waals surface area contributed by atoms with Gasteiger partial charge in [-0.3, -0.25) is 0 Å². The average Bonchev–Trinajstić information content (AvgIpc) is 2.90. The summed E-state index contributed by atoms with van der Waals surface area (Å²) in [5.74, 6) is 0.968. The van der Waals surface area contributed by atoms with Crippen LogP contribution in [0.2, 0.25) is 0 Å². The molecule has 3 nitrogen and oxygen atoms in total. The third-order valence-corrected chi connectivity index (χ3v) is 4.20. The Hall–Kier alpha value is -1.06. The van der Waals surface area contributed by atoms with Crippen molar-refractivity contribution in [3.05, 3.63) is 29.3 Å². The van der Waals surface area contributed by atoms with Crippen LogP contribution in [0, 0.1) is 6.92 Å². The molecule has 0 aliphatic carbocycles. The molecule has 1 heterocycles. The van der Waals surface area contributed by atoms with Gasteiger partial charge in [-0.1, -0.05) is 6.07 Å². The molecule has 0 spiro atoms. The van der Waals surface area contributed by atoms with Crippen LogP contribution in [0.3, 0.4) is 0 Å². The molecule has 1 aliphatic rings. The van der Waals surface area contributed by atoms with Crippen LogP contribution in [0.15, 0.2) is 18.2 Å². The summed E-state index contributed by atoms with van der Waals surface area (Å²) >= 11 is 0. The molecule has 1 aliphatic heterocycles. The summed E-state index contributed by atoms with van der Waals surface area (Å²) in [4.78, 5) is 2.57. The maximum atomic E-state index is 5.55. The average molecular weight is 290 g/mol. The van der Waals surface area contributed by atoms with E-state index in [9.17, 15) is 0 Å². The Balaban J connectivity index is 1.89. The van der Waals surface area contributed by atoms with Crippen LogP contribution in [-0.2, 0) is 6.54 Å². The summed E-state index contributed by atoms with van der Waals surface area (Å²) in [6.07, 6.45) is 2.71. The van der Waals surface area contributed by atoms with Crippen molar-refractivity contribution in [2.45, 2.75) is 52.6 Å². The van der Waals surface area contributed by atoms with Crippen molar-refractivity contribution >= 4 is 0 Å². The summed E-state index contributed by atoms with van der Waals surface area (Å²) in [7, 11) is 0. The van der Waals surface area contributed by atoms with E-state index in [1.165, 1.54) is 37.1 Å². The third-order valence-electron chi connectivity index (χ3n) is 4.20. The summed E-state index contributed by atoms with van der Waals surface area (Å²) in [6, 6.07) is 6.38. The SMILES string of the molecule is CCOc1ccc(CNC(C)(C)CN2CCCC2)c(C)c1. The zero-order chi connectivity index (χ0) is 15.3. The summed E-state index contributed by atoms with van der Waals surface area (Å²) < 4.78 is 5.55. The van der Waals surface area contributed by atoms with Crippen molar-refractivity contribution < 1.29 is 4.74 Å². The van der Waals surface area contributed by atoms with E-state index in [0.29, 0.717) is 0 Å². The number of nitrogens with zero attached hydrogens (tertiary/aromatic N) is 1. The number of hydrogen-bond donors (Lipinski definition) is 1. The molecule has 0 unspecified atom stereocenters. The molecule has 0 radical (unpaired) electrons. The smallest absolute Gasteiger partial charge is 0.119 e. The van der Waals surface area contributed by atoms with Crippen LogP contribution >= 0.6 is 0 Å². The minimum Gasteiger partial charge on any atom is -0.494 e. The van der Waals surface area contributed by atoms with Gasteiger partial charge in [-0.25, -0.2) is 0 Å². The monoisotopic (exact) mass is 290 g/mol. The fourth-order valence-electron chi connectivity index (χ4n) is 3.01. The molecule has 1 aromatic rings. The molecule has 0 aromatic heterocycles. The second-order valence-corrected chi connectivity index (χ2v) is 6.74. The summed E-state index contributed by atoms with van der Waals surface area (Å²) in [6.45, 7) is 14.1. The van der Waals surface area contributed by atoms with Crippen molar-refractivity contribution in [1.82, 2.24) is 10.2 Å². The number of likely N-dealkylation sites (tertiary alicyclic amines) is 1. The van der Waals surface area contributed by atoms with Gasteiger partial charge in [-0.2, -0.15) is 0 Å². The number of aryl methyl sites for hydroxylation is 1. The van der Waals surface area contributed by atoms with Crippen molar-refractivity contribution in [2.24, 2.45) is 0 Å². The van der Waals surface area contributed by atoms with Crippen molar-refractivity contribution in [2.75, 3.05) is 26.2 Å². The van der Waals surface area contributed by atoms with Crippen LogP contribution in [0.5, 0.6) is 5.75 Å². The van der Waals surface area contributed by atoms with Crippen LogP contribution in [0.25, 0.3) is 0 Å². The van der Waals surface area contributed by atoms with Crippen LogP contribution in [0.1, 0.15) is 44.7 Å². The zero-order valence-electron chi connectivity index (χ0n) is 14.0. The standard InChI is InChI=1S/C18H30N2O/c1-5-21-17-9-8-16(15(2)12-17)13-19-18(3,4)14-20-10-6-7-11-20/h8-9,12,19H,5-7,10-11,13-14H2,1-4H3. The molecular weight excluding hydrogens is 260 g/mol. The zero-order valence-corrected chi connectivity index (χ0v) is 14.0. The molecule has 2 rings (SSSR count). The molecule has 1 aromatic carbocycles. The highest BCUT2D eigenvalue weighted by Crippen LogP contribution is 2.19. The lowest BCUT2D eigenvalue weighted by Gasteiger charge is -2.31. The molecule has 1 fully saturated rings. The number of rotatable bonds is 7. The predicted octanol–water partition coefficient (Wildman–Crippen LogP) is 3.36. The van der Waals surface area contributed by atoms with Crippen molar-refractivity contribution in [3.63, 3.8) is 0 Å². The van der Waals surface area contributed by atoms with Gasteiger partial charge in [-0.15, -0.1) is 0 Å². The minimum atomic E-state index is 0.148. The molecule has 0 bridgehead atoms. The van der Waals surface area contributed by atoms with E-state index < -0.39 is 0 Å². The Morgan fingerprint density at radius 1 is 1.24 bits per heavy atom. The normalized spacial score (nSPS) is 16.4. The molecule has 1 saturated heterocycles. The van der Waals surface area contributed by atoms with Gasteiger partial charge in [0.25, 0.3) is 0 Å². The second-order valence-electron chi connectivity index (χ2n) is 6.74. The predicted molar refractivity (Wildman–Crippen MR) is 88.9 cm³/mol. The molecule has 0 saturated carbocycles. The number of nitrogens with one attached hydrogen (secondary N) is 1. The summed E-state index contributed by atoms with van der Waals surface area (Å²) in [5.41, 5.74) is 2.80. The Bertz CT molecular complexity index is 451. The van der Waals surface area contributed by atoms with Gasteiger partial charge < -0.3 is 15.0 Å². The minimum absolute atomic E-state index is 0.148. The Kier molecular flexibility index (Phi) is 5.65.